The Hall–Kier alpha value is -1.69. The van der Waals surface area contributed by atoms with Crippen molar-refractivity contribution >= 4 is 29.3 Å². The van der Waals surface area contributed by atoms with E-state index in [-0.39, 0.29) is 17.8 Å². The first-order valence-electron chi connectivity index (χ1n) is 7.11. The van der Waals surface area contributed by atoms with Crippen LogP contribution in [0.5, 0.6) is 0 Å². The number of carboxylic acid groups (broad SMARTS) is 1. The number of carbonyl (C=O) groups excluding carboxylic acids is 1. The third kappa shape index (κ3) is 3.15. The molecule has 2 atom stereocenters. The molecule has 1 aliphatic heterocycles. The Balaban J connectivity index is 1.66. The highest BCUT2D eigenvalue weighted by Crippen LogP contribution is 2.45. The van der Waals surface area contributed by atoms with E-state index in [1.807, 2.05) is 30.3 Å². The van der Waals surface area contributed by atoms with Gasteiger partial charge in [-0.3, -0.25) is 4.79 Å². The number of para-hydroxylation sites is 1. The summed E-state index contributed by atoms with van der Waals surface area (Å²) in [6.45, 7) is 0.136. The molecule has 1 aromatic carbocycles. The van der Waals surface area contributed by atoms with Crippen LogP contribution in [0.25, 0.3) is 0 Å². The minimum absolute atomic E-state index is 0.0381. The Bertz CT molecular complexity index is 533. The van der Waals surface area contributed by atoms with E-state index in [1.165, 1.54) is 0 Å². The summed E-state index contributed by atoms with van der Waals surface area (Å²) < 4.78 is 0. The second-order valence-corrected chi connectivity index (χ2v) is 6.59. The van der Waals surface area contributed by atoms with Gasteiger partial charge in [-0.2, -0.15) is 0 Å². The molecule has 0 aromatic heterocycles. The number of thioether (sulfide) groups is 1. The van der Waals surface area contributed by atoms with E-state index in [9.17, 15) is 14.7 Å². The predicted octanol–water partition coefficient (Wildman–Crippen LogP) is 1.86. The molecule has 3 rings (SSSR count). The van der Waals surface area contributed by atoms with Crippen LogP contribution in [0.15, 0.2) is 30.3 Å². The van der Waals surface area contributed by atoms with Crippen molar-refractivity contribution in [2.75, 3.05) is 17.6 Å². The Morgan fingerprint density at radius 1 is 1.29 bits per heavy atom. The number of benzene rings is 1. The highest BCUT2D eigenvalue weighted by atomic mass is 32.2. The zero-order chi connectivity index (χ0) is 14.8. The largest absolute Gasteiger partial charge is 0.480 e. The lowest BCUT2D eigenvalue weighted by atomic mass is 10.2. The van der Waals surface area contributed by atoms with Crippen molar-refractivity contribution in [3.8, 4) is 0 Å². The lowest BCUT2D eigenvalue weighted by molar-refractivity contribution is -0.148. The summed E-state index contributed by atoms with van der Waals surface area (Å²) in [5, 5.41) is 12.4. The Morgan fingerprint density at radius 3 is 2.62 bits per heavy atom. The van der Waals surface area contributed by atoms with E-state index in [2.05, 4.69) is 5.32 Å². The van der Waals surface area contributed by atoms with Crippen LogP contribution >= 0.6 is 11.8 Å². The maximum absolute atomic E-state index is 12.5. The second-order valence-electron chi connectivity index (χ2n) is 5.44. The average molecular weight is 306 g/mol. The van der Waals surface area contributed by atoms with E-state index in [1.54, 1.807) is 16.7 Å². The molecule has 2 unspecified atom stereocenters. The summed E-state index contributed by atoms with van der Waals surface area (Å²) in [7, 11) is 0. The van der Waals surface area contributed by atoms with Crippen LogP contribution < -0.4 is 5.32 Å². The zero-order valence-electron chi connectivity index (χ0n) is 11.6. The Morgan fingerprint density at radius 2 is 2.00 bits per heavy atom. The number of anilines is 1. The number of nitrogens with zero attached hydrogens (tertiary/aromatic N) is 1. The Labute approximate surface area is 127 Å². The Kier molecular flexibility index (Phi) is 4.05. The first-order valence-corrected chi connectivity index (χ1v) is 8.16. The topological polar surface area (TPSA) is 69.6 Å². The normalized spacial score (nSPS) is 24.9. The zero-order valence-corrected chi connectivity index (χ0v) is 12.4. The summed E-state index contributed by atoms with van der Waals surface area (Å²) >= 11 is 1.60. The number of carboxylic acids is 1. The minimum atomic E-state index is -0.904. The monoisotopic (exact) mass is 306 g/mol. The van der Waals surface area contributed by atoms with Gasteiger partial charge in [0.15, 0.2) is 0 Å². The number of hydrogen-bond donors (Lipinski definition) is 2. The van der Waals surface area contributed by atoms with Crippen LogP contribution in [0.1, 0.15) is 12.8 Å². The third-order valence-corrected chi connectivity index (χ3v) is 5.31. The van der Waals surface area contributed by atoms with E-state index in [4.69, 9.17) is 0 Å². The van der Waals surface area contributed by atoms with Crippen LogP contribution in [0.2, 0.25) is 0 Å². The van der Waals surface area contributed by atoms with Gasteiger partial charge in [0.25, 0.3) is 0 Å². The van der Waals surface area contributed by atoms with Crippen molar-refractivity contribution < 1.29 is 14.7 Å². The molecule has 2 N–H and O–H groups in total. The SMILES string of the molecule is O=C(O)C1CSC(C2CC2)N1C(=O)CNc1ccccc1. The fraction of sp³-hybridized carbons (Fsp3) is 0.467. The molecule has 0 spiro atoms. The van der Waals surface area contributed by atoms with Crippen molar-refractivity contribution in [2.24, 2.45) is 5.92 Å². The van der Waals surface area contributed by atoms with Crippen molar-refractivity contribution in [2.45, 2.75) is 24.3 Å². The summed E-state index contributed by atoms with van der Waals surface area (Å²) in [5.41, 5.74) is 0.868. The molecular weight excluding hydrogens is 288 g/mol. The van der Waals surface area contributed by atoms with Gasteiger partial charge < -0.3 is 15.3 Å². The summed E-state index contributed by atoms with van der Waals surface area (Å²) in [6, 6.07) is 8.79. The third-order valence-electron chi connectivity index (χ3n) is 3.85. The van der Waals surface area contributed by atoms with E-state index in [0.29, 0.717) is 11.7 Å². The van der Waals surface area contributed by atoms with Crippen LogP contribution in [0.4, 0.5) is 5.69 Å². The van der Waals surface area contributed by atoms with Crippen LogP contribution in [0.3, 0.4) is 0 Å². The van der Waals surface area contributed by atoms with Crippen molar-refractivity contribution in [3.63, 3.8) is 0 Å². The van der Waals surface area contributed by atoms with Gasteiger partial charge in [0.05, 0.1) is 11.9 Å². The van der Waals surface area contributed by atoms with E-state index >= 15 is 0 Å². The van der Waals surface area contributed by atoms with Gasteiger partial charge in [0.1, 0.15) is 6.04 Å². The number of amides is 1. The van der Waals surface area contributed by atoms with Crippen molar-refractivity contribution in [3.05, 3.63) is 30.3 Å². The van der Waals surface area contributed by atoms with Crippen molar-refractivity contribution in [1.29, 1.82) is 0 Å². The van der Waals surface area contributed by atoms with Crippen molar-refractivity contribution in [1.82, 2.24) is 4.90 Å². The second kappa shape index (κ2) is 5.97. The lowest BCUT2D eigenvalue weighted by Crippen LogP contribution is -2.48. The fourth-order valence-corrected chi connectivity index (χ4v) is 4.26. The molecule has 1 saturated heterocycles. The molecule has 6 heteroatoms. The van der Waals surface area contributed by atoms with Gasteiger partial charge in [-0.15, -0.1) is 11.8 Å². The molecule has 0 radical (unpaired) electrons. The molecule has 1 aliphatic carbocycles. The smallest absolute Gasteiger partial charge is 0.327 e. The number of nitrogens with one attached hydrogen (secondary N) is 1. The molecule has 1 heterocycles. The molecule has 112 valence electrons. The average Bonchev–Trinajstić information content (AvgIpc) is 3.24. The first-order chi connectivity index (χ1) is 10.2. The molecule has 2 aliphatic rings. The van der Waals surface area contributed by atoms with Gasteiger partial charge in [-0.1, -0.05) is 18.2 Å². The van der Waals surface area contributed by atoms with E-state index < -0.39 is 12.0 Å². The maximum atomic E-state index is 12.5. The molecule has 1 aromatic rings. The first kappa shape index (κ1) is 14.3. The van der Waals surface area contributed by atoms with E-state index in [0.717, 1.165) is 18.5 Å². The fourth-order valence-electron chi connectivity index (χ4n) is 2.60. The van der Waals surface area contributed by atoms with Gasteiger partial charge >= 0.3 is 5.97 Å². The summed E-state index contributed by atoms with van der Waals surface area (Å²) in [6.07, 6.45) is 2.19. The minimum Gasteiger partial charge on any atom is -0.480 e. The molecular formula is C15H18N2O3S. The summed E-state index contributed by atoms with van der Waals surface area (Å²) in [5.74, 6) is -0.0694. The molecule has 5 nitrogen and oxygen atoms in total. The predicted molar refractivity (Wildman–Crippen MR) is 82.2 cm³/mol. The van der Waals surface area contributed by atoms with Gasteiger partial charge in [0, 0.05) is 11.4 Å². The highest BCUT2D eigenvalue weighted by molar-refractivity contribution is 8.00. The van der Waals surface area contributed by atoms with Crippen LogP contribution in [-0.4, -0.2) is 45.6 Å². The highest BCUT2D eigenvalue weighted by Gasteiger charge is 2.47. The number of rotatable bonds is 5. The standard InChI is InChI=1S/C15H18N2O3S/c18-13(8-16-11-4-2-1-3-5-11)17-12(15(19)20)9-21-14(17)10-6-7-10/h1-5,10,12,14,16H,6-9H2,(H,19,20). The van der Waals surface area contributed by atoms with Gasteiger partial charge in [-0.25, -0.2) is 4.79 Å². The molecule has 21 heavy (non-hydrogen) atoms. The summed E-state index contributed by atoms with van der Waals surface area (Å²) in [4.78, 5) is 25.4. The van der Waals surface area contributed by atoms with Gasteiger partial charge in [0.2, 0.25) is 5.91 Å². The van der Waals surface area contributed by atoms with Gasteiger partial charge in [-0.05, 0) is 30.9 Å². The molecule has 0 bridgehead atoms. The quantitative estimate of drug-likeness (QED) is 0.869. The van der Waals surface area contributed by atoms with Crippen LogP contribution in [0, 0.1) is 5.92 Å². The number of hydrogen-bond acceptors (Lipinski definition) is 4. The molecule has 1 saturated carbocycles. The molecule has 1 amide bonds. The number of carbonyl (C=O) groups is 2. The lowest BCUT2D eigenvalue weighted by Gasteiger charge is -2.27. The molecule has 2 fully saturated rings. The number of aliphatic carboxylic acids is 1. The van der Waals surface area contributed by atoms with Crippen LogP contribution in [-0.2, 0) is 9.59 Å². The maximum Gasteiger partial charge on any atom is 0.327 e.